The predicted molar refractivity (Wildman–Crippen MR) is 55.2 cm³/mol. The van der Waals surface area contributed by atoms with Crippen molar-refractivity contribution in [3.8, 4) is 11.8 Å². The highest BCUT2D eigenvalue weighted by Crippen LogP contribution is 2.31. The quantitative estimate of drug-likeness (QED) is 0.648. The summed E-state index contributed by atoms with van der Waals surface area (Å²) in [6, 6.07) is 0. The lowest BCUT2D eigenvalue weighted by atomic mass is 9.78. The summed E-state index contributed by atoms with van der Waals surface area (Å²) in [5.41, 5.74) is 0. The Kier molecular flexibility index (Phi) is 4.32. The Morgan fingerprint density at radius 2 is 1.85 bits per heavy atom. The van der Waals surface area contributed by atoms with Gasteiger partial charge in [0.1, 0.15) is 6.10 Å². The van der Waals surface area contributed by atoms with Crippen molar-refractivity contribution in [1.29, 1.82) is 0 Å². The van der Waals surface area contributed by atoms with Crippen LogP contribution in [0.25, 0.3) is 0 Å². The van der Waals surface area contributed by atoms with Crippen molar-refractivity contribution >= 4 is 0 Å². The minimum Gasteiger partial charge on any atom is -0.380 e. The van der Waals surface area contributed by atoms with Gasteiger partial charge in [-0.05, 0) is 18.8 Å². The van der Waals surface area contributed by atoms with Crippen LogP contribution in [0.5, 0.6) is 0 Å². The molecule has 0 heterocycles. The van der Waals surface area contributed by atoms with E-state index in [2.05, 4.69) is 18.8 Å². The smallest absolute Gasteiger partial charge is 0.117 e. The summed E-state index contributed by atoms with van der Waals surface area (Å²) in [7, 11) is 0. The lowest BCUT2D eigenvalue weighted by Crippen LogP contribution is -2.25. The maximum atomic E-state index is 9.70. The predicted octanol–water partition coefficient (Wildman–Crippen LogP) is 2.59. The highest BCUT2D eigenvalue weighted by Gasteiger charge is 2.24. The van der Waals surface area contributed by atoms with Crippen molar-refractivity contribution < 1.29 is 5.11 Å². The largest absolute Gasteiger partial charge is 0.380 e. The van der Waals surface area contributed by atoms with Crippen LogP contribution >= 0.6 is 0 Å². The molecule has 1 aliphatic rings. The Labute approximate surface area is 81.5 Å². The van der Waals surface area contributed by atoms with Crippen LogP contribution in [-0.2, 0) is 0 Å². The summed E-state index contributed by atoms with van der Waals surface area (Å²) < 4.78 is 0. The van der Waals surface area contributed by atoms with Gasteiger partial charge in [-0.3, -0.25) is 0 Å². The molecule has 0 bridgehead atoms. The monoisotopic (exact) mass is 180 g/mol. The fourth-order valence-corrected chi connectivity index (χ4v) is 2.20. The Morgan fingerprint density at radius 1 is 1.23 bits per heavy atom. The highest BCUT2D eigenvalue weighted by atomic mass is 16.3. The van der Waals surface area contributed by atoms with Crippen molar-refractivity contribution in [3.63, 3.8) is 0 Å². The molecule has 1 saturated carbocycles. The molecule has 0 radical (unpaired) electrons. The molecule has 0 aromatic rings. The Balaban J connectivity index is 2.43. The van der Waals surface area contributed by atoms with Gasteiger partial charge < -0.3 is 5.11 Å². The van der Waals surface area contributed by atoms with Crippen molar-refractivity contribution in [2.24, 2.45) is 11.8 Å². The molecule has 13 heavy (non-hydrogen) atoms. The van der Waals surface area contributed by atoms with Gasteiger partial charge in [0, 0.05) is 0 Å². The normalized spacial score (nSPS) is 23.0. The molecule has 1 rings (SSSR count). The van der Waals surface area contributed by atoms with E-state index in [4.69, 9.17) is 0 Å². The van der Waals surface area contributed by atoms with Crippen LogP contribution < -0.4 is 0 Å². The van der Waals surface area contributed by atoms with Crippen molar-refractivity contribution in [2.45, 2.75) is 52.1 Å². The fraction of sp³-hybridized carbons (Fsp3) is 0.833. The third-order valence-corrected chi connectivity index (χ3v) is 3.18. The second-order valence-electron chi connectivity index (χ2n) is 4.10. The number of rotatable bonds is 2. The lowest BCUT2D eigenvalue weighted by molar-refractivity contribution is 0.112. The zero-order valence-corrected chi connectivity index (χ0v) is 8.71. The van der Waals surface area contributed by atoms with Crippen molar-refractivity contribution in [3.05, 3.63) is 0 Å². The molecule has 0 aromatic heterocycles. The van der Waals surface area contributed by atoms with Gasteiger partial charge >= 0.3 is 0 Å². The molecule has 1 fully saturated rings. The number of aliphatic hydroxyl groups excluding tert-OH is 1. The third kappa shape index (κ3) is 3.04. The summed E-state index contributed by atoms with van der Waals surface area (Å²) in [4.78, 5) is 0. The zero-order chi connectivity index (χ0) is 9.68. The van der Waals surface area contributed by atoms with Crippen LogP contribution in [0, 0.1) is 23.7 Å². The van der Waals surface area contributed by atoms with E-state index in [-0.39, 0.29) is 0 Å². The van der Waals surface area contributed by atoms with Crippen LogP contribution in [0.3, 0.4) is 0 Å². The Morgan fingerprint density at radius 3 is 2.38 bits per heavy atom. The van der Waals surface area contributed by atoms with E-state index in [0.717, 1.165) is 0 Å². The summed E-state index contributed by atoms with van der Waals surface area (Å²) in [5, 5.41) is 9.70. The number of hydrogen-bond acceptors (Lipinski definition) is 1. The van der Waals surface area contributed by atoms with E-state index in [1.165, 1.54) is 32.1 Å². The van der Waals surface area contributed by atoms with Gasteiger partial charge in [0.25, 0.3) is 0 Å². The first-order valence-corrected chi connectivity index (χ1v) is 5.36. The van der Waals surface area contributed by atoms with Crippen LogP contribution in [0.4, 0.5) is 0 Å². The molecule has 1 nitrogen and oxygen atoms in total. The molecule has 1 aliphatic carbocycles. The van der Waals surface area contributed by atoms with Gasteiger partial charge in [0.05, 0.1) is 0 Å². The molecular weight excluding hydrogens is 160 g/mol. The average molecular weight is 180 g/mol. The van der Waals surface area contributed by atoms with E-state index in [1.54, 1.807) is 6.92 Å². The molecule has 0 spiro atoms. The van der Waals surface area contributed by atoms with Gasteiger partial charge in [0.15, 0.2) is 0 Å². The Hall–Kier alpha value is -0.480. The lowest BCUT2D eigenvalue weighted by Gasteiger charge is -2.28. The molecule has 0 aromatic carbocycles. The van der Waals surface area contributed by atoms with Crippen LogP contribution in [0.1, 0.15) is 46.0 Å². The second kappa shape index (κ2) is 5.29. The summed E-state index contributed by atoms with van der Waals surface area (Å²) >= 11 is 0. The van der Waals surface area contributed by atoms with Gasteiger partial charge in [0.2, 0.25) is 0 Å². The second-order valence-corrected chi connectivity index (χ2v) is 4.10. The van der Waals surface area contributed by atoms with E-state index >= 15 is 0 Å². The SMILES string of the molecule is CC#CC(O)C(C)C1CCCCC1. The standard InChI is InChI=1S/C12H20O/c1-3-7-12(13)10(2)11-8-5-4-6-9-11/h10-13H,4-6,8-9H2,1-2H3. The van der Waals surface area contributed by atoms with Gasteiger partial charge in [-0.15, -0.1) is 5.92 Å². The van der Waals surface area contributed by atoms with Crippen LogP contribution in [0.15, 0.2) is 0 Å². The topological polar surface area (TPSA) is 20.2 Å². The van der Waals surface area contributed by atoms with E-state index < -0.39 is 6.10 Å². The first-order chi connectivity index (χ1) is 6.25. The summed E-state index contributed by atoms with van der Waals surface area (Å²) in [5.74, 6) is 6.69. The van der Waals surface area contributed by atoms with Gasteiger partial charge in [-0.2, -0.15) is 0 Å². The third-order valence-electron chi connectivity index (χ3n) is 3.18. The van der Waals surface area contributed by atoms with E-state index in [9.17, 15) is 5.11 Å². The van der Waals surface area contributed by atoms with E-state index in [0.29, 0.717) is 11.8 Å². The van der Waals surface area contributed by atoms with Gasteiger partial charge in [-0.25, -0.2) is 0 Å². The maximum absolute atomic E-state index is 9.70. The fourth-order valence-electron chi connectivity index (χ4n) is 2.20. The first kappa shape index (κ1) is 10.6. The molecule has 0 amide bonds. The van der Waals surface area contributed by atoms with Crippen LogP contribution in [0.2, 0.25) is 0 Å². The zero-order valence-electron chi connectivity index (χ0n) is 8.71. The van der Waals surface area contributed by atoms with Crippen LogP contribution in [-0.4, -0.2) is 11.2 Å². The maximum Gasteiger partial charge on any atom is 0.117 e. The molecule has 1 N–H and O–H groups in total. The molecule has 0 saturated heterocycles. The first-order valence-electron chi connectivity index (χ1n) is 5.36. The summed E-state index contributed by atoms with van der Waals surface area (Å²) in [6.07, 6.45) is 6.20. The molecule has 1 heteroatoms. The van der Waals surface area contributed by atoms with Crippen molar-refractivity contribution in [2.75, 3.05) is 0 Å². The molecule has 2 atom stereocenters. The molecule has 0 aliphatic heterocycles. The number of aliphatic hydroxyl groups is 1. The minimum absolute atomic E-state index is 0.354. The van der Waals surface area contributed by atoms with Gasteiger partial charge in [-0.1, -0.05) is 44.9 Å². The molecule has 2 unspecified atom stereocenters. The molecule has 74 valence electrons. The minimum atomic E-state index is -0.409. The van der Waals surface area contributed by atoms with E-state index in [1.807, 2.05) is 0 Å². The average Bonchev–Trinajstić information content (AvgIpc) is 2.18. The summed E-state index contributed by atoms with van der Waals surface area (Å²) in [6.45, 7) is 3.92. The number of hydrogen-bond donors (Lipinski definition) is 1. The van der Waals surface area contributed by atoms with Crippen molar-refractivity contribution in [1.82, 2.24) is 0 Å². The highest BCUT2D eigenvalue weighted by molar-refractivity contribution is 5.04. The molecular formula is C12H20O. The Bertz CT molecular complexity index is 193.